The van der Waals surface area contributed by atoms with Gasteiger partial charge in [-0.3, -0.25) is 0 Å². The minimum absolute atomic E-state index is 0.250. The molecule has 1 aromatic rings. The number of aryl methyl sites for hydroxylation is 2. The Kier molecular flexibility index (Phi) is 3.15. The molecule has 0 saturated heterocycles. The van der Waals surface area contributed by atoms with E-state index < -0.39 is 0 Å². The van der Waals surface area contributed by atoms with Gasteiger partial charge >= 0.3 is 0 Å². The molecule has 1 unspecified atom stereocenters. The standard InChI is InChI=1S/C9H15ClN2/c1-7(10)4-5-9-6-11-8(2)12(9)3/h6-7H,4-5H2,1-3H3. The molecule has 0 fully saturated rings. The van der Waals surface area contributed by atoms with Crippen molar-refractivity contribution in [3.8, 4) is 0 Å². The minimum atomic E-state index is 0.250. The first kappa shape index (κ1) is 9.59. The van der Waals surface area contributed by atoms with Crippen LogP contribution in [0.1, 0.15) is 24.9 Å². The lowest BCUT2D eigenvalue weighted by Gasteiger charge is -2.04. The summed E-state index contributed by atoms with van der Waals surface area (Å²) in [7, 11) is 2.04. The van der Waals surface area contributed by atoms with E-state index in [4.69, 9.17) is 11.6 Å². The second-order valence-corrected chi connectivity index (χ2v) is 3.92. The number of nitrogens with zero attached hydrogens (tertiary/aromatic N) is 2. The fourth-order valence-electron chi connectivity index (χ4n) is 1.13. The topological polar surface area (TPSA) is 17.8 Å². The van der Waals surface area contributed by atoms with Crippen LogP contribution in [-0.4, -0.2) is 14.9 Å². The highest BCUT2D eigenvalue weighted by Gasteiger charge is 2.03. The highest BCUT2D eigenvalue weighted by atomic mass is 35.5. The average molecular weight is 187 g/mol. The van der Waals surface area contributed by atoms with Gasteiger partial charge in [0.25, 0.3) is 0 Å². The molecule has 0 radical (unpaired) electrons. The van der Waals surface area contributed by atoms with Gasteiger partial charge in [0, 0.05) is 24.3 Å². The van der Waals surface area contributed by atoms with Crippen molar-refractivity contribution in [1.29, 1.82) is 0 Å². The number of aromatic nitrogens is 2. The first-order valence-corrected chi connectivity index (χ1v) is 4.66. The zero-order chi connectivity index (χ0) is 9.14. The summed E-state index contributed by atoms with van der Waals surface area (Å²) < 4.78 is 2.11. The van der Waals surface area contributed by atoms with E-state index >= 15 is 0 Å². The molecule has 12 heavy (non-hydrogen) atoms. The number of rotatable bonds is 3. The third-order valence-corrected chi connectivity index (χ3v) is 2.33. The van der Waals surface area contributed by atoms with Gasteiger partial charge in [-0.15, -0.1) is 11.6 Å². The summed E-state index contributed by atoms with van der Waals surface area (Å²) >= 11 is 5.86. The van der Waals surface area contributed by atoms with Crippen molar-refractivity contribution >= 4 is 11.6 Å². The fraction of sp³-hybridized carbons (Fsp3) is 0.667. The molecule has 1 heterocycles. The zero-order valence-corrected chi connectivity index (χ0v) is 8.60. The second kappa shape index (κ2) is 3.94. The smallest absolute Gasteiger partial charge is 0.105 e. The molecule has 68 valence electrons. The van der Waals surface area contributed by atoms with Gasteiger partial charge < -0.3 is 4.57 Å². The number of hydrogen-bond donors (Lipinski definition) is 0. The highest BCUT2D eigenvalue weighted by Crippen LogP contribution is 2.09. The molecular formula is C9H15ClN2. The lowest BCUT2D eigenvalue weighted by Crippen LogP contribution is -2.01. The zero-order valence-electron chi connectivity index (χ0n) is 7.84. The minimum Gasteiger partial charge on any atom is -0.335 e. The third kappa shape index (κ3) is 2.24. The average Bonchev–Trinajstić information content (AvgIpc) is 2.30. The van der Waals surface area contributed by atoms with Crippen LogP contribution in [0.2, 0.25) is 0 Å². The molecule has 0 bridgehead atoms. The van der Waals surface area contributed by atoms with E-state index in [1.54, 1.807) is 0 Å². The van der Waals surface area contributed by atoms with Gasteiger partial charge in [-0.05, 0) is 26.7 Å². The van der Waals surface area contributed by atoms with Gasteiger partial charge in [-0.2, -0.15) is 0 Å². The largest absolute Gasteiger partial charge is 0.335 e. The van der Waals surface area contributed by atoms with Crippen LogP contribution in [0.5, 0.6) is 0 Å². The molecular weight excluding hydrogens is 172 g/mol. The monoisotopic (exact) mass is 186 g/mol. The number of alkyl halides is 1. The Hall–Kier alpha value is -0.500. The quantitative estimate of drug-likeness (QED) is 0.663. The van der Waals surface area contributed by atoms with Crippen LogP contribution in [0.4, 0.5) is 0 Å². The van der Waals surface area contributed by atoms with Crippen molar-refractivity contribution < 1.29 is 0 Å². The molecule has 0 aliphatic carbocycles. The summed E-state index contributed by atoms with van der Waals surface area (Å²) in [6.45, 7) is 4.03. The van der Waals surface area contributed by atoms with Crippen molar-refractivity contribution in [2.45, 2.75) is 32.1 Å². The molecule has 0 aliphatic rings. The molecule has 1 aromatic heterocycles. The number of hydrogen-bond acceptors (Lipinski definition) is 1. The van der Waals surface area contributed by atoms with Gasteiger partial charge in [0.05, 0.1) is 0 Å². The van der Waals surface area contributed by atoms with Gasteiger partial charge in [0.2, 0.25) is 0 Å². The molecule has 2 nitrogen and oxygen atoms in total. The number of halogens is 1. The van der Waals surface area contributed by atoms with Gasteiger partial charge in [0.15, 0.2) is 0 Å². The van der Waals surface area contributed by atoms with Gasteiger partial charge in [0.1, 0.15) is 5.82 Å². The van der Waals surface area contributed by atoms with E-state index in [1.807, 2.05) is 27.1 Å². The van der Waals surface area contributed by atoms with Crippen LogP contribution in [0.3, 0.4) is 0 Å². The Morgan fingerprint density at radius 1 is 1.67 bits per heavy atom. The van der Waals surface area contributed by atoms with E-state index in [0.29, 0.717) is 0 Å². The Morgan fingerprint density at radius 2 is 2.33 bits per heavy atom. The maximum atomic E-state index is 5.86. The van der Waals surface area contributed by atoms with Gasteiger partial charge in [-0.1, -0.05) is 0 Å². The van der Waals surface area contributed by atoms with Crippen LogP contribution in [0, 0.1) is 6.92 Å². The molecule has 0 N–H and O–H groups in total. The first-order valence-electron chi connectivity index (χ1n) is 4.22. The Labute approximate surface area is 78.6 Å². The van der Waals surface area contributed by atoms with Crippen molar-refractivity contribution in [3.63, 3.8) is 0 Å². The maximum absolute atomic E-state index is 5.86. The summed E-state index contributed by atoms with van der Waals surface area (Å²) in [5, 5.41) is 0.250. The Bertz CT molecular complexity index is 253. The first-order chi connectivity index (χ1) is 5.61. The van der Waals surface area contributed by atoms with Crippen molar-refractivity contribution in [2.75, 3.05) is 0 Å². The molecule has 1 atom stereocenters. The van der Waals surface area contributed by atoms with Gasteiger partial charge in [-0.25, -0.2) is 4.98 Å². The maximum Gasteiger partial charge on any atom is 0.105 e. The molecule has 0 amide bonds. The van der Waals surface area contributed by atoms with Crippen molar-refractivity contribution in [3.05, 3.63) is 17.7 Å². The van der Waals surface area contributed by atoms with Crippen molar-refractivity contribution in [2.24, 2.45) is 7.05 Å². The van der Waals surface area contributed by atoms with E-state index in [2.05, 4.69) is 9.55 Å². The summed E-state index contributed by atoms with van der Waals surface area (Å²) in [6, 6.07) is 0. The van der Waals surface area contributed by atoms with E-state index in [9.17, 15) is 0 Å². The van der Waals surface area contributed by atoms with Crippen LogP contribution in [0.25, 0.3) is 0 Å². The third-order valence-electron chi connectivity index (χ3n) is 2.11. The predicted molar refractivity (Wildman–Crippen MR) is 51.6 cm³/mol. The predicted octanol–water partition coefficient (Wildman–Crippen LogP) is 2.29. The van der Waals surface area contributed by atoms with E-state index in [0.717, 1.165) is 18.7 Å². The SMILES string of the molecule is Cc1ncc(CCC(C)Cl)n1C. The van der Waals surface area contributed by atoms with Crippen LogP contribution >= 0.6 is 11.6 Å². The van der Waals surface area contributed by atoms with E-state index in [1.165, 1.54) is 5.69 Å². The summed E-state index contributed by atoms with van der Waals surface area (Å²) in [5.41, 5.74) is 1.26. The van der Waals surface area contributed by atoms with Crippen molar-refractivity contribution in [1.82, 2.24) is 9.55 Å². The second-order valence-electron chi connectivity index (χ2n) is 3.18. The molecule has 0 spiro atoms. The molecule has 0 saturated carbocycles. The highest BCUT2D eigenvalue weighted by molar-refractivity contribution is 6.20. The lowest BCUT2D eigenvalue weighted by atomic mass is 10.2. The number of imidazole rings is 1. The van der Waals surface area contributed by atoms with Crippen LogP contribution in [0.15, 0.2) is 6.20 Å². The van der Waals surface area contributed by atoms with Crippen LogP contribution in [-0.2, 0) is 13.5 Å². The van der Waals surface area contributed by atoms with E-state index in [-0.39, 0.29) is 5.38 Å². The summed E-state index contributed by atoms with van der Waals surface area (Å²) in [6.07, 6.45) is 3.96. The Morgan fingerprint density at radius 3 is 2.75 bits per heavy atom. The Balaban J connectivity index is 2.58. The fourth-order valence-corrected chi connectivity index (χ4v) is 1.24. The normalized spacial score (nSPS) is 13.3. The summed E-state index contributed by atoms with van der Waals surface area (Å²) in [4.78, 5) is 4.21. The molecule has 1 rings (SSSR count). The molecule has 0 aliphatic heterocycles. The lowest BCUT2D eigenvalue weighted by molar-refractivity contribution is 0.726. The molecule has 0 aromatic carbocycles. The van der Waals surface area contributed by atoms with Crippen LogP contribution < -0.4 is 0 Å². The summed E-state index contributed by atoms with van der Waals surface area (Å²) in [5.74, 6) is 1.06. The molecule has 3 heteroatoms.